The number of likely N-dealkylation sites (tertiary alicyclic amines) is 1. The van der Waals surface area contributed by atoms with Crippen LogP contribution in [0.15, 0.2) is 0 Å². The highest BCUT2D eigenvalue weighted by Gasteiger charge is 2.38. The Hall–Kier alpha value is -0.220. The van der Waals surface area contributed by atoms with Crippen LogP contribution in [-0.2, 0) is 0 Å². The SMILES string of the molecule is C[C@@H](O)CN1CCC(F)(F)C1. The molecule has 11 heavy (non-hydrogen) atoms. The van der Waals surface area contributed by atoms with Gasteiger partial charge in [0, 0.05) is 19.5 Å². The van der Waals surface area contributed by atoms with E-state index in [0.29, 0.717) is 13.1 Å². The lowest BCUT2D eigenvalue weighted by molar-refractivity contribution is 0.00836. The molecule has 1 aliphatic rings. The topological polar surface area (TPSA) is 23.5 Å². The maximum atomic E-state index is 12.5. The summed E-state index contributed by atoms with van der Waals surface area (Å²) in [5.41, 5.74) is 0. The van der Waals surface area contributed by atoms with Crippen LogP contribution in [0.5, 0.6) is 0 Å². The molecule has 4 heteroatoms. The fourth-order valence-electron chi connectivity index (χ4n) is 1.34. The molecule has 1 saturated heterocycles. The minimum Gasteiger partial charge on any atom is -0.392 e. The number of rotatable bonds is 2. The van der Waals surface area contributed by atoms with Gasteiger partial charge in [-0.3, -0.25) is 4.90 Å². The van der Waals surface area contributed by atoms with Gasteiger partial charge < -0.3 is 5.11 Å². The lowest BCUT2D eigenvalue weighted by Crippen LogP contribution is -2.31. The second-order valence-corrected chi connectivity index (χ2v) is 3.19. The van der Waals surface area contributed by atoms with Crippen molar-refractivity contribution in [3.05, 3.63) is 0 Å². The summed E-state index contributed by atoms with van der Waals surface area (Å²) in [4.78, 5) is 1.59. The predicted octanol–water partition coefficient (Wildman–Crippen LogP) is 0.708. The van der Waals surface area contributed by atoms with E-state index in [-0.39, 0.29) is 13.0 Å². The number of β-amino-alcohol motifs (C(OH)–C–C–N with tert-alkyl or cyclic N) is 1. The molecule has 1 fully saturated rings. The van der Waals surface area contributed by atoms with Crippen molar-refractivity contribution in [3.63, 3.8) is 0 Å². The number of halogens is 2. The molecule has 0 radical (unpaired) electrons. The molecule has 1 heterocycles. The summed E-state index contributed by atoms with van der Waals surface area (Å²) >= 11 is 0. The zero-order valence-electron chi connectivity index (χ0n) is 6.56. The molecule has 1 rings (SSSR count). The highest BCUT2D eigenvalue weighted by Crippen LogP contribution is 2.26. The highest BCUT2D eigenvalue weighted by atomic mass is 19.3. The zero-order chi connectivity index (χ0) is 8.48. The number of aliphatic hydroxyl groups is 1. The van der Waals surface area contributed by atoms with Crippen molar-refractivity contribution in [2.45, 2.75) is 25.4 Å². The second-order valence-electron chi connectivity index (χ2n) is 3.19. The van der Waals surface area contributed by atoms with Gasteiger partial charge in [0.2, 0.25) is 0 Å². The molecule has 66 valence electrons. The molecule has 0 aromatic heterocycles. The Kier molecular flexibility index (Phi) is 2.44. The van der Waals surface area contributed by atoms with Gasteiger partial charge in [0.05, 0.1) is 12.6 Å². The molecule has 1 aliphatic heterocycles. The third-order valence-corrected chi connectivity index (χ3v) is 1.77. The normalized spacial score (nSPS) is 27.3. The Morgan fingerprint density at radius 1 is 1.64 bits per heavy atom. The highest BCUT2D eigenvalue weighted by molar-refractivity contribution is 4.82. The van der Waals surface area contributed by atoms with Gasteiger partial charge in [0.15, 0.2) is 0 Å². The lowest BCUT2D eigenvalue weighted by Gasteiger charge is -2.16. The van der Waals surface area contributed by atoms with Crippen LogP contribution in [0.2, 0.25) is 0 Å². The van der Waals surface area contributed by atoms with Crippen LogP contribution in [-0.4, -0.2) is 41.7 Å². The predicted molar refractivity (Wildman–Crippen MR) is 37.7 cm³/mol. The standard InChI is InChI=1S/C7H13F2NO/c1-6(11)4-10-3-2-7(8,9)5-10/h6,11H,2-5H2,1H3/t6-/m1/s1. The van der Waals surface area contributed by atoms with Gasteiger partial charge in [-0.05, 0) is 6.92 Å². The van der Waals surface area contributed by atoms with E-state index in [1.165, 1.54) is 0 Å². The third kappa shape index (κ3) is 2.71. The average molecular weight is 165 g/mol. The minimum atomic E-state index is -2.53. The zero-order valence-corrected chi connectivity index (χ0v) is 6.56. The summed E-state index contributed by atoms with van der Waals surface area (Å²) in [6.45, 7) is 2.17. The first kappa shape index (κ1) is 8.87. The molecule has 0 unspecified atom stereocenters. The molecular formula is C7H13F2NO. The molecule has 0 spiro atoms. The summed E-state index contributed by atoms with van der Waals surface area (Å²) in [6, 6.07) is 0. The van der Waals surface area contributed by atoms with E-state index in [1.54, 1.807) is 11.8 Å². The first-order valence-electron chi connectivity index (χ1n) is 3.78. The van der Waals surface area contributed by atoms with E-state index >= 15 is 0 Å². The van der Waals surface area contributed by atoms with Gasteiger partial charge in [0.25, 0.3) is 5.92 Å². The van der Waals surface area contributed by atoms with Gasteiger partial charge in [-0.2, -0.15) is 0 Å². The Balaban J connectivity index is 2.31. The van der Waals surface area contributed by atoms with E-state index < -0.39 is 12.0 Å². The fourth-order valence-corrected chi connectivity index (χ4v) is 1.34. The van der Waals surface area contributed by atoms with Crippen LogP contribution in [0.4, 0.5) is 8.78 Å². The quantitative estimate of drug-likeness (QED) is 0.651. The van der Waals surface area contributed by atoms with Gasteiger partial charge >= 0.3 is 0 Å². The average Bonchev–Trinajstić information content (AvgIpc) is 2.08. The van der Waals surface area contributed by atoms with Crippen LogP contribution in [0.3, 0.4) is 0 Å². The lowest BCUT2D eigenvalue weighted by atomic mass is 10.3. The first-order valence-corrected chi connectivity index (χ1v) is 3.78. The molecule has 0 saturated carbocycles. The summed E-state index contributed by atoms with van der Waals surface area (Å²) in [5, 5.41) is 8.90. The van der Waals surface area contributed by atoms with Crippen molar-refractivity contribution >= 4 is 0 Å². The van der Waals surface area contributed by atoms with Crippen LogP contribution in [0.25, 0.3) is 0 Å². The van der Waals surface area contributed by atoms with E-state index in [0.717, 1.165) is 0 Å². The molecular weight excluding hydrogens is 152 g/mol. The molecule has 0 amide bonds. The van der Waals surface area contributed by atoms with Crippen molar-refractivity contribution in [1.29, 1.82) is 0 Å². The number of alkyl halides is 2. The van der Waals surface area contributed by atoms with Crippen LogP contribution in [0.1, 0.15) is 13.3 Å². The van der Waals surface area contributed by atoms with Gasteiger partial charge in [-0.1, -0.05) is 0 Å². The monoisotopic (exact) mass is 165 g/mol. The third-order valence-electron chi connectivity index (χ3n) is 1.77. The Bertz CT molecular complexity index is 138. The van der Waals surface area contributed by atoms with E-state index in [4.69, 9.17) is 5.11 Å². The Morgan fingerprint density at radius 2 is 2.27 bits per heavy atom. The summed E-state index contributed by atoms with van der Waals surface area (Å²) in [5.74, 6) is -2.53. The number of aliphatic hydroxyl groups excluding tert-OH is 1. The van der Waals surface area contributed by atoms with E-state index in [9.17, 15) is 8.78 Å². The van der Waals surface area contributed by atoms with E-state index in [1.807, 2.05) is 0 Å². The van der Waals surface area contributed by atoms with E-state index in [2.05, 4.69) is 0 Å². The molecule has 0 aromatic carbocycles. The summed E-state index contributed by atoms with van der Waals surface area (Å²) < 4.78 is 25.0. The van der Waals surface area contributed by atoms with Crippen LogP contribution < -0.4 is 0 Å². The maximum absolute atomic E-state index is 12.5. The summed E-state index contributed by atoms with van der Waals surface area (Å²) in [7, 11) is 0. The van der Waals surface area contributed by atoms with Crippen molar-refractivity contribution in [2.75, 3.05) is 19.6 Å². The van der Waals surface area contributed by atoms with Gasteiger partial charge in [-0.25, -0.2) is 8.78 Å². The van der Waals surface area contributed by atoms with Crippen molar-refractivity contribution in [2.24, 2.45) is 0 Å². The Labute approximate surface area is 64.8 Å². The molecule has 2 nitrogen and oxygen atoms in total. The van der Waals surface area contributed by atoms with Gasteiger partial charge in [-0.15, -0.1) is 0 Å². The molecule has 0 bridgehead atoms. The molecule has 0 aliphatic carbocycles. The maximum Gasteiger partial charge on any atom is 0.261 e. The van der Waals surface area contributed by atoms with Crippen LogP contribution >= 0.6 is 0 Å². The van der Waals surface area contributed by atoms with Crippen molar-refractivity contribution in [3.8, 4) is 0 Å². The van der Waals surface area contributed by atoms with Crippen LogP contribution in [0, 0.1) is 0 Å². The van der Waals surface area contributed by atoms with Gasteiger partial charge in [0.1, 0.15) is 0 Å². The first-order chi connectivity index (χ1) is 4.99. The number of hydrogen-bond acceptors (Lipinski definition) is 2. The minimum absolute atomic E-state index is 0.0697. The fraction of sp³-hybridized carbons (Fsp3) is 1.00. The number of hydrogen-bond donors (Lipinski definition) is 1. The Morgan fingerprint density at radius 3 is 2.64 bits per heavy atom. The smallest absolute Gasteiger partial charge is 0.261 e. The van der Waals surface area contributed by atoms with Crippen molar-refractivity contribution in [1.82, 2.24) is 4.90 Å². The second kappa shape index (κ2) is 3.03. The van der Waals surface area contributed by atoms with Crippen molar-refractivity contribution < 1.29 is 13.9 Å². The molecule has 1 N–H and O–H groups in total. The molecule has 0 aromatic rings. The largest absolute Gasteiger partial charge is 0.392 e. The summed E-state index contributed by atoms with van der Waals surface area (Å²) in [6.07, 6.45) is -0.580. The number of nitrogens with zero attached hydrogens (tertiary/aromatic N) is 1. The molecule has 1 atom stereocenters.